The molecule has 38 heavy (non-hydrogen) atoms. The number of nitrogens with one attached hydrogen (secondary N) is 2. The molecule has 1 fully saturated rings. The van der Waals surface area contributed by atoms with Crippen LogP contribution in [0.3, 0.4) is 0 Å². The molecule has 10 nitrogen and oxygen atoms in total. The zero-order valence-electron chi connectivity index (χ0n) is 21.7. The number of fused-ring (bicyclic) bond motifs is 1. The SMILES string of the molecule is CN(C)C(=O)C1CCC2(CC1)N(C)C(=O)c1c(O)c(=O)c(C(=N)SC(=N)Cc3ccc(F)cc3)cn1N2C. The van der Waals surface area contributed by atoms with Gasteiger partial charge in [-0.25, -0.2) is 4.39 Å². The molecule has 12 heteroatoms. The second-order valence-electron chi connectivity index (χ2n) is 9.95. The van der Waals surface area contributed by atoms with Crippen LogP contribution in [0.2, 0.25) is 0 Å². The van der Waals surface area contributed by atoms with Gasteiger partial charge in [0.05, 0.1) is 10.6 Å². The van der Waals surface area contributed by atoms with Gasteiger partial charge in [-0.3, -0.25) is 34.9 Å². The number of pyridine rings is 1. The van der Waals surface area contributed by atoms with Gasteiger partial charge >= 0.3 is 0 Å². The first-order valence-electron chi connectivity index (χ1n) is 12.2. The van der Waals surface area contributed by atoms with Crippen LogP contribution in [0, 0.1) is 22.6 Å². The quantitative estimate of drug-likeness (QED) is 0.402. The van der Waals surface area contributed by atoms with E-state index in [9.17, 15) is 23.9 Å². The highest BCUT2D eigenvalue weighted by Crippen LogP contribution is 2.41. The molecular formula is C26H31FN6O4S. The summed E-state index contributed by atoms with van der Waals surface area (Å²) >= 11 is 0.754. The van der Waals surface area contributed by atoms with E-state index in [1.807, 2.05) is 0 Å². The number of thioether (sulfide) groups is 1. The number of hydrogen-bond donors (Lipinski definition) is 3. The van der Waals surface area contributed by atoms with Gasteiger partial charge in [-0.2, -0.15) is 0 Å². The van der Waals surface area contributed by atoms with Gasteiger partial charge in [-0.15, -0.1) is 0 Å². The van der Waals surface area contributed by atoms with Crippen molar-refractivity contribution in [2.75, 3.05) is 33.2 Å². The zero-order valence-corrected chi connectivity index (χ0v) is 22.6. The lowest BCUT2D eigenvalue weighted by atomic mass is 9.79. The van der Waals surface area contributed by atoms with Crippen molar-refractivity contribution < 1.29 is 19.1 Å². The molecule has 0 atom stereocenters. The van der Waals surface area contributed by atoms with Crippen LogP contribution in [0.5, 0.6) is 5.75 Å². The first-order chi connectivity index (χ1) is 17.9. The van der Waals surface area contributed by atoms with Gasteiger partial charge in [-0.05, 0) is 43.4 Å². The molecule has 2 heterocycles. The molecule has 1 aliphatic carbocycles. The molecule has 1 spiro atoms. The fraction of sp³-hybridized carbons (Fsp3) is 0.423. The van der Waals surface area contributed by atoms with Gasteiger partial charge in [0.1, 0.15) is 16.5 Å². The van der Waals surface area contributed by atoms with Crippen LogP contribution in [-0.2, 0) is 11.2 Å². The minimum Gasteiger partial charge on any atom is -0.502 e. The fourth-order valence-electron chi connectivity index (χ4n) is 5.31. The Hall–Kier alpha value is -3.67. The Kier molecular flexibility index (Phi) is 7.37. The number of carbonyl (C=O) groups excluding carboxylic acids is 2. The van der Waals surface area contributed by atoms with Crippen molar-refractivity contribution in [1.82, 2.24) is 14.5 Å². The Morgan fingerprint density at radius 3 is 2.34 bits per heavy atom. The minimum atomic E-state index is -0.866. The van der Waals surface area contributed by atoms with E-state index in [1.54, 1.807) is 50.2 Å². The van der Waals surface area contributed by atoms with E-state index in [0.29, 0.717) is 31.2 Å². The zero-order chi connectivity index (χ0) is 27.9. The van der Waals surface area contributed by atoms with Crippen LogP contribution in [0.1, 0.15) is 47.3 Å². The number of rotatable bonds is 4. The van der Waals surface area contributed by atoms with Crippen LogP contribution in [0.25, 0.3) is 0 Å². The summed E-state index contributed by atoms with van der Waals surface area (Å²) in [5, 5.41) is 29.1. The van der Waals surface area contributed by atoms with Crippen molar-refractivity contribution in [2.45, 2.75) is 37.8 Å². The maximum Gasteiger partial charge on any atom is 0.278 e. The van der Waals surface area contributed by atoms with E-state index < -0.39 is 28.6 Å². The third-order valence-corrected chi connectivity index (χ3v) is 8.36. The van der Waals surface area contributed by atoms with Gasteiger partial charge in [0.15, 0.2) is 11.4 Å². The third-order valence-electron chi connectivity index (χ3n) is 7.55. The van der Waals surface area contributed by atoms with Crippen LogP contribution in [-0.4, -0.2) is 75.3 Å². The van der Waals surface area contributed by atoms with Gasteiger partial charge in [0.2, 0.25) is 11.3 Å². The topological polar surface area (TPSA) is 134 Å². The van der Waals surface area contributed by atoms with Crippen molar-refractivity contribution in [2.24, 2.45) is 5.92 Å². The maximum absolute atomic E-state index is 13.4. The number of amides is 2. The molecular weight excluding hydrogens is 511 g/mol. The molecule has 2 amide bonds. The fourth-order valence-corrected chi connectivity index (χ4v) is 6.05. The second kappa shape index (κ2) is 10.2. The Morgan fingerprint density at radius 1 is 1.16 bits per heavy atom. The van der Waals surface area contributed by atoms with Crippen LogP contribution in [0.4, 0.5) is 4.39 Å². The van der Waals surface area contributed by atoms with Crippen LogP contribution in [0.15, 0.2) is 35.3 Å². The molecule has 1 aliphatic heterocycles. The molecule has 0 unspecified atom stereocenters. The summed E-state index contributed by atoms with van der Waals surface area (Å²) in [6, 6.07) is 5.67. The number of aromatic nitrogens is 1. The van der Waals surface area contributed by atoms with E-state index >= 15 is 0 Å². The molecule has 0 saturated heterocycles. The summed E-state index contributed by atoms with van der Waals surface area (Å²) in [6.45, 7) is 0. The predicted octanol–water partition coefficient (Wildman–Crippen LogP) is 2.60. The van der Waals surface area contributed by atoms with Crippen molar-refractivity contribution in [1.29, 1.82) is 10.8 Å². The molecule has 0 radical (unpaired) electrons. The standard InChI is InChI=1S/C26H31FN6O4S/c1-30(2)24(36)16-9-11-26(12-10-16)31(3)25(37)20-22(35)21(34)18(14-33(20)32(26)4)23(29)38-19(28)13-15-5-7-17(27)8-6-15/h5-8,14,16,28-29,35H,9-13H2,1-4H3. The largest absolute Gasteiger partial charge is 0.502 e. The number of aromatic hydroxyl groups is 1. The van der Waals surface area contributed by atoms with E-state index in [2.05, 4.69) is 0 Å². The van der Waals surface area contributed by atoms with E-state index in [4.69, 9.17) is 10.8 Å². The van der Waals surface area contributed by atoms with Gasteiger partial charge < -0.3 is 14.9 Å². The van der Waals surface area contributed by atoms with Crippen molar-refractivity contribution in [3.05, 3.63) is 63.3 Å². The molecule has 1 aromatic heterocycles. The van der Waals surface area contributed by atoms with E-state index in [1.165, 1.54) is 27.9 Å². The second-order valence-corrected chi connectivity index (χ2v) is 11.1. The lowest BCUT2D eigenvalue weighted by Crippen LogP contribution is -2.69. The van der Waals surface area contributed by atoms with E-state index in [0.717, 1.165) is 11.8 Å². The Bertz CT molecular complexity index is 1370. The van der Waals surface area contributed by atoms with Crippen LogP contribution < -0.4 is 10.4 Å². The predicted molar refractivity (Wildman–Crippen MR) is 144 cm³/mol. The highest BCUT2D eigenvalue weighted by molar-refractivity contribution is 8.26. The highest BCUT2D eigenvalue weighted by Gasteiger charge is 2.50. The highest BCUT2D eigenvalue weighted by atomic mass is 32.2. The number of nitrogens with zero attached hydrogens (tertiary/aromatic N) is 4. The average molecular weight is 543 g/mol. The first kappa shape index (κ1) is 27.4. The van der Waals surface area contributed by atoms with Crippen molar-refractivity contribution in [3.63, 3.8) is 0 Å². The smallest absolute Gasteiger partial charge is 0.278 e. The number of benzene rings is 1. The molecule has 0 bridgehead atoms. The molecule has 202 valence electrons. The van der Waals surface area contributed by atoms with E-state index in [-0.39, 0.29) is 39.6 Å². The average Bonchev–Trinajstić information content (AvgIpc) is 2.88. The Labute approximate surface area is 224 Å². The Balaban J connectivity index is 1.62. The maximum atomic E-state index is 13.4. The normalized spacial score (nSPS) is 20.9. The third kappa shape index (κ3) is 4.68. The number of carbonyl (C=O) groups is 2. The van der Waals surface area contributed by atoms with Gasteiger partial charge in [-0.1, -0.05) is 23.9 Å². The summed E-state index contributed by atoms with van der Waals surface area (Å²) < 4.78 is 14.6. The lowest BCUT2D eigenvalue weighted by Gasteiger charge is -2.55. The first-order valence-corrected chi connectivity index (χ1v) is 13.0. The monoisotopic (exact) mass is 542 g/mol. The summed E-state index contributed by atoms with van der Waals surface area (Å²) in [6.07, 6.45) is 3.66. The summed E-state index contributed by atoms with van der Waals surface area (Å²) in [7, 11) is 6.82. The molecule has 1 aromatic carbocycles. The molecule has 1 saturated carbocycles. The summed E-state index contributed by atoms with van der Waals surface area (Å²) in [5.41, 5.74) is -1.30. The van der Waals surface area contributed by atoms with Gasteiger partial charge in [0.25, 0.3) is 5.91 Å². The van der Waals surface area contributed by atoms with Crippen molar-refractivity contribution >= 4 is 33.7 Å². The summed E-state index contributed by atoms with van der Waals surface area (Å²) in [5.74, 6) is -1.77. The lowest BCUT2D eigenvalue weighted by molar-refractivity contribution is -0.135. The Morgan fingerprint density at radius 2 is 1.76 bits per heavy atom. The van der Waals surface area contributed by atoms with Gasteiger partial charge in [0, 0.05) is 46.7 Å². The number of halogens is 1. The molecule has 4 rings (SSSR count). The number of hydrogen-bond acceptors (Lipinski definition) is 8. The molecule has 2 aliphatic rings. The molecule has 3 N–H and O–H groups in total. The van der Waals surface area contributed by atoms with Crippen molar-refractivity contribution in [3.8, 4) is 5.75 Å². The molecule has 2 aromatic rings. The van der Waals surface area contributed by atoms with Crippen LogP contribution >= 0.6 is 11.8 Å². The minimum absolute atomic E-state index is 0.0461. The summed E-state index contributed by atoms with van der Waals surface area (Å²) in [4.78, 5) is 42.0.